The fourth-order valence-corrected chi connectivity index (χ4v) is 1.89. The number of carbonyl (C=O) groups excluding carboxylic acids is 1. The molecular formula is C16H16N2O3. The average Bonchev–Trinajstić information content (AvgIpc) is 2.46. The van der Waals surface area contributed by atoms with Gasteiger partial charge in [-0.3, -0.25) is 9.78 Å². The third kappa shape index (κ3) is 3.08. The van der Waals surface area contributed by atoms with Crippen molar-refractivity contribution >= 4 is 28.5 Å². The molecular weight excluding hydrogens is 268 g/mol. The number of hydrogen-bond acceptors (Lipinski definition) is 3. The first-order valence-corrected chi connectivity index (χ1v) is 6.48. The standard InChI is InChI=1S/C16H16N2O3/c1-9-7-8-12-5-4-6-13(14(12)17-9)18-15(19)10(2)11(3)16(20)21/h4-8H,1-3H3,(H,18,19)(H,20,21). The second-order valence-electron chi connectivity index (χ2n) is 4.84. The van der Waals surface area contributed by atoms with E-state index in [0.717, 1.165) is 11.1 Å². The van der Waals surface area contributed by atoms with Gasteiger partial charge in [0, 0.05) is 22.2 Å². The van der Waals surface area contributed by atoms with Crippen molar-refractivity contribution in [2.24, 2.45) is 0 Å². The summed E-state index contributed by atoms with van der Waals surface area (Å²) >= 11 is 0. The zero-order valence-electron chi connectivity index (χ0n) is 12.1. The number of anilines is 1. The molecule has 0 aliphatic carbocycles. The first kappa shape index (κ1) is 14.7. The molecule has 1 aromatic carbocycles. The number of pyridine rings is 1. The molecule has 0 atom stereocenters. The minimum absolute atomic E-state index is 0.0249. The molecule has 2 aromatic rings. The highest BCUT2D eigenvalue weighted by Crippen LogP contribution is 2.22. The number of nitrogens with zero attached hydrogens (tertiary/aromatic N) is 1. The molecule has 0 bridgehead atoms. The number of aliphatic carboxylic acids is 1. The summed E-state index contributed by atoms with van der Waals surface area (Å²) in [5.74, 6) is -1.54. The van der Waals surface area contributed by atoms with E-state index in [1.807, 2.05) is 31.2 Å². The van der Waals surface area contributed by atoms with Crippen LogP contribution in [0.15, 0.2) is 41.5 Å². The van der Waals surface area contributed by atoms with Crippen molar-refractivity contribution in [3.8, 4) is 0 Å². The molecule has 2 rings (SSSR count). The number of rotatable bonds is 3. The van der Waals surface area contributed by atoms with Crippen LogP contribution in [0.25, 0.3) is 10.9 Å². The number of aromatic nitrogens is 1. The number of hydrogen-bond donors (Lipinski definition) is 2. The number of benzene rings is 1. The monoisotopic (exact) mass is 284 g/mol. The van der Waals surface area contributed by atoms with Crippen molar-refractivity contribution in [2.75, 3.05) is 5.32 Å². The van der Waals surface area contributed by atoms with Gasteiger partial charge < -0.3 is 10.4 Å². The van der Waals surface area contributed by atoms with E-state index in [1.165, 1.54) is 13.8 Å². The summed E-state index contributed by atoms with van der Waals surface area (Å²) in [6.45, 7) is 4.77. The van der Waals surface area contributed by atoms with Gasteiger partial charge in [0.05, 0.1) is 11.2 Å². The maximum absolute atomic E-state index is 12.1. The number of carboxylic acid groups (broad SMARTS) is 1. The Morgan fingerprint density at radius 2 is 1.81 bits per heavy atom. The molecule has 5 heteroatoms. The largest absolute Gasteiger partial charge is 0.478 e. The van der Waals surface area contributed by atoms with Gasteiger partial charge in [-0.2, -0.15) is 0 Å². The normalized spacial score (nSPS) is 12.0. The van der Waals surface area contributed by atoms with Gasteiger partial charge in [-0.1, -0.05) is 18.2 Å². The summed E-state index contributed by atoms with van der Waals surface area (Å²) in [4.78, 5) is 27.5. The number of amides is 1. The van der Waals surface area contributed by atoms with Gasteiger partial charge in [0.1, 0.15) is 0 Å². The first-order chi connectivity index (χ1) is 9.90. The van der Waals surface area contributed by atoms with E-state index < -0.39 is 11.9 Å². The van der Waals surface area contributed by atoms with E-state index in [0.29, 0.717) is 11.2 Å². The van der Waals surface area contributed by atoms with Crippen LogP contribution in [0.2, 0.25) is 0 Å². The Bertz CT molecular complexity index is 763. The summed E-state index contributed by atoms with van der Waals surface area (Å²) in [6, 6.07) is 9.29. The lowest BCUT2D eigenvalue weighted by atomic mass is 10.1. The van der Waals surface area contributed by atoms with Gasteiger partial charge in [-0.15, -0.1) is 0 Å². The van der Waals surface area contributed by atoms with Crippen molar-refractivity contribution in [3.05, 3.63) is 47.2 Å². The number of carbonyl (C=O) groups is 2. The number of aryl methyl sites for hydroxylation is 1. The van der Waals surface area contributed by atoms with Gasteiger partial charge in [-0.05, 0) is 32.9 Å². The third-order valence-electron chi connectivity index (χ3n) is 3.33. The van der Waals surface area contributed by atoms with Crippen LogP contribution in [-0.4, -0.2) is 22.0 Å². The van der Waals surface area contributed by atoms with Gasteiger partial charge in [0.2, 0.25) is 0 Å². The van der Waals surface area contributed by atoms with Crippen LogP contribution in [0.5, 0.6) is 0 Å². The smallest absolute Gasteiger partial charge is 0.331 e. The van der Waals surface area contributed by atoms with Crippen LogP contribution in [0.3, 0.4) is 0 Å². The molecule has 0 aliphatic heterocycles. The zero-order chi connectivity index (χ0) is 15.6. The van der Waals surface area contributed by atoms with E-state index >= 15 is 0 Å². The van der Waals surface area contributed by atoms with Crippen molar-refractivity contribution in [1.29, 1.82) is 0 Å². The summed E-state index contributed by atoms with van der Waals surface area (Å²) in [7, 11) is 0. The molecule has 1 aromatic heterocycles. The molecule has 0 saturated heterocycles. The molecule has 0 unspecified atom stereocenters. The van der Waals surface area contributed by atoms with Crippen molar-refractivity contribution < 1.29 is 14.7 Å². The summed E-state index contributed by atoms with van der Waals surface area (Å²) in [5.41, 5.74) is 2.30. The molecule has 0 saturated carbocycles. The summed E-state index contributed by atoms with van der Waals surface area (Å²) in [5, 5.41) is 12.6. The fraction of sp³-hybridized carbons (Fsp3) is 0.188. The van der Waals surface area contributed by atoms with E-state index in [2.05, 4.69) is 10.3 Å². The first-order valence-electron chi connectivity index (χ1n) is 6.48. The second kappa shape index (κ2) is 5.75. The highest BCUT2D eigenvalue weighted by atomic mass is 16.4. The molecule has 5 nitrogen and oxygen atoms in total. The Morgan fingerprint density at radius 1 is 1.10 bits per heavy atom. The summed E-state index contributed by atoms with van der Waals surface area (Å²) in [6.07, 6.45) is 0. The van der Waals surface area contributed by atoms with Gasteiger partial charge in [-0.25, -0.2) is 4.79 Å². The molecule has 0 radical (unpaired) electrons. The maximum atomic E-state index is 12.1. The van der Waals surface area contributed by atoms with E-state index in [9.17, 15) is 9.59 Å². The molecule has 0 spiro atoms. The number of carboxylic acids is 1. The van der Waals surface area contributed by atoms with E-state index in [1.54, 1.807) is 6.07 Å². The summed E-state index contributed by atoms with van der Waals surface area (Å²) < 4.78 is 0. The molecule has 21 heavy (non-hydrogen) atoms. The van der Waals surface area contributed by atoms with Crippen LogP contribution >= 0.6 is 0 Å². The second-order valence-corrected chi connectivity index (χ2v) is 4.84. The molecule has 1 amide bonds. The molecule has 0 fully saturated rings. The molecule has 2 N–H and O–H groups in total. The Kier molecular flexibility index (Phi) is 4.03. The van der Waals surface area contributed by atoms with E-state index in [-0.39, 0.29) is 11.1 Å². The van der Waals surface area contributed by atoms with Crippen molar-refractivity contribution in [3.63, 3.8) is 0 Å². The van der Waals surface area contributed by atoms with Gasteiger partial charge in [0.25, 0.3) is 5.91 Å². The lowest BCUT2D eigenvalue weighted by molar-refractivity contribution is -0.133. The highest BCUT2D eigenvalue weighted by molar-refractivity contribution is 6.10. The molecule has 0 aliphatic rings. The zero-order valence-corrected chi connectivity index (χ0v) is 12.1. The van der Waals surface area contributed by atoms with Crippen molar-refractivity contribution in [2.45, 2.75) is 20.8 Å². The predicted octanol–water partition coefficient (Wildman–Crippen LogP) is 2.90. The van der Waals surface area contributed by atoms with Crippen LogP contribution in [0.1, 0.15) is 19.5 Å². The minimum Gasteiger partial charge on any atom is -0.478 e. The highest BCUT2D eigenvalue weighted by Gasteiger charge is 2.14. The lowest BCUT2D eigenvalue weighted by Crippen LogP contribution is -2.16. The van der Waals surface area contributed by atoms with Crippen LogP contribution in [-0.2, 0) is 9.59 Å². The lowest BCUT2D eigenvalue weighted by Gasteiger charge is -2.10. The molecule has 1 heterocycles. The number of nitrogens with one attached hydrogen (secondary N) is 1. The van der Waals surface area contributed by atoms with Crippen LogP contribution < -0.4 is 5.32 Å². The Labute approximate surface area is 122 Å². The number of fused-ring (bicyclic) bond motifs is 1. The third-order valence-corrected chi connectivity index (χ3v) is 3.33. The molecule has 108 valence electrons. The SMILES string of the molecule is CC(C(=O)O)=C(C)C(=O)Nc1cccc2ccc(C)nc12. The van der Waals surface area contributed by atoms with Crippen LogP contribution in [0, 0.1) is 6.92 Å². The fourth-order valence-electron chi connectivity index (χ4n) is 1.89. The Hall–Kier alpha value is -2.69. The topological polar surface area (TPSA) is 79.3 Å². The maximum Gasteiger partial charge on any atom is 0.331 e. The quantitative estimate of drug-likeness (QED) is 0.849. The average molecular weight is 284 g/mol. The Balaban J connectivity index is 2.41. The van der Waals surface area contributed by atoms with Crippen LogP contribution in [0.4, 0.5) is 5.69 Å². The van der Waals surface area contributed by atoms with Gasteiger partial charge in [0.15, 0.2) is 0 Å². The van der Waals surface area contributed by atoms with E-state index in [4.69, 9.17) is 5.11 Å². The Morgan fingerprint density at radius 3 is 2.48 bits per heavy atom. The van der Waals surface area contributed by atoms with Gasteiger partial charge >= 0.3 is 5.97 Å². The predicted molar refractivity (Wildman–Crippen MR) is 81.1 cm³/mol. The minimum atomic E-state index is -1.10. The number of para-hydroxylation sites is 1. The van der Waals surface area contributed by atoms with Crippen molar-refractivity contribution in [1.82, 2.24) is 4.98 Å².